The van der Waals surface area contributed by atoms with Crippen LogP contribution < -0.4 is 21.7 Å². The monoisotopic (exact) mass is 290 g/mol. The summed E-state index contributed by atoms with van der Waals surface area (Å²) in [6.45, 7) is 0. The van der Waals surface area contributed by atoms with Gasteiger partial charge in [0.25, 0.3) is 0 Å². The first-order chi connectivity index (χ1) is 10.9. The fourth-order valence-corrected chi connectivity index (χ4v) is 2.88. The molecule has 0 amide bonds. The molecule has 0 aromatic heterocycles. The molecule has 3 aromatic carbocycles. The molecule has 1 saturated heterocycles. The van der Waals surface area contributed by atoms with Crippen LogP contribution in [0.4, 0.5) is 5.69 Å². The van der Waals surface area contributed by atoms with E-state index in [-0.39, 0.29) is 12.2 Å². The van der Waals surface area contributed by atoms with Crippen LogP contribution in [0.25, 0.3) is 10.8 Å². The van der Waals surface area contributed by atoms with Crippen LogP contribution in [0.3, 0.4) is 0 Å². The second-order valence-electron chi connectivity index (χ2n) is 5.49. The third-order valence-corrected chi connectivity index (χ3v) is 4.02. The molecule has 0 spiro atoms. The summed E-state index contributed by atoms with van der Waals surface area (Å²) in [5, 5.41) is 6.04. The van der Waals surface area contributed by atoms with Crippen molar-refractivity contribution in [2.24, 2.45) is 0 Å². The van der Waals surface area contributed by atoms with Crippen molar-refractivity contribution in [3.05, 3.63) is 78.4 Å². The van der Waals surface area contributed by atoms with Crippen molar-refractivity contribution in [3.8, 4) is 0 Å². The highest BCUT2D eigenvalue weighted by Gasteiger charge is 2.27. The molecule has 4 nitrogen and oxygen atoms in total. The Morgan fingerprint density at radius 1 is 0.727 bits per heavy atom. The maximum absolute atomic E-state index is 3.55. The molecule has 4 rings (SSSR count). The lowest BCUT2D eigenvalue weighted by molar-refractivity contribution is 0.555. The van der Waals surface area contributed by atoms with E-state index in [0.29, 0.717) is 0 Å². The van der Waals surface area contributed by atoms with E-state index in [0.717, 1.165) is 5.69 Å². The molecule has 1 heterocycles. The number of anilines is 1. The average Bonchev–Trinajstić information content (AvgIpc) is 3.04. The lowest BCUT2D eigenvalue weighted by atomic mass is 10.0. The van der Waals surface area contributed by atoms with Crippen molar-refractivity contribution in [3.63, 3.8) is 0 Å². The molecule has 0 bridgehead atoms. The van der Waals surface area contributed by atoms with E-state index < -0.39 is 0 Å². The maximum Gasteiger partial charge on any atom is 0.112 e. The maximum atomic E-state index is 3.55. The van der Waals surface area contributed by atoms with Crippen LogP contribution in [0.1, 0.15) is 11.6 Å². The summed E-state index contributed by atoms with van der Waals surface area (Å²) in [5.74, 6) is 0. The number of benzene rings is 3. The zero-order valence-electron chi connectivity index (χ0n) is 12.1. The Morgan fingerprint density at radius 3 is 2.36 bits per heavy atom. The molecular formula is C18H18N4. The smallest absolute Gasteiger partial charge is 0.112 e. The summed E-state index contributed by atoms with van der Waals surface area (Å²) in [4.78, 5) is 0. The number of hydrogen-bond donors (Lipinski definition) is 4. The van der Waals surface area contributed by atoms with E-state index in [4.69, 9.17) is 0 Å². The average molecular weight is 290 g/mol. The van der Waals surface area contributed by atoms with Gasteiger partial charge >= 0.3 is 0 Å². The Balaban J connectivity index is 1.58. The summed E-state index contributed by atoms with van der Waals surface area (Å²) in [7, 11) is 0. The normalized spacial score (nSPS) is 21.1. The van der Waals surface area contributed by atoms with Crippen molar-refractivity contribution in [1.82, 2.24) is 16.4 Å². The molecule has 1 aliphatic rings. The van der Waals surface area contributed by atoms with E-state index in [1.54, 1.807) is 0 Å². The van der Waals surface area contributed by atoms with Crippen molar-refractivity contribution in [1.29, 1.82) is 0 Å². The van der Waals surface area contributed by atoms with Gasteiger partial charge in [-0.3, -0.25) is 0 Å². The van der Waals surface area contributed by atoms with E-state index in [2.05, 4.69) is 88.4 Å². The van der Waals surface area contributed by atoms with E-state index in [9.17, 15) is 0 Å². The second kappa shape index (κ2) is 5.77. The van der Waals surface area contributed by atoms with Gasteiger partial charge in [-0.1, -0.05) is 60.7 Å². The zero-order valence-corrected chi connectivity index (χ0v) is 12.1. The number of nitrogens with one attached hydrogen (secondary N) is 4. The van der Waals surface area contributed by atoms with Crippen molar-refractivity contribution < 1.29 is 0 Å². The zero-order chi connectivity index (χ0) is 14.8. The van der Waals surface area contributed by atoms with Crippen LogP contribution in [-0.4, -0.2) is 6.17 Å². The Morgan fingerprint density at radius 2 is 1.50 bits per heavy atom. The third kappa shape index (κ3) is 2.55. The van der Waals surface area contributed by atoms with Crippen molar-refractivity contribution in [2.45, 2.75) is 12.2 Å². The molecule has 2 unspecified atom stereocenters. The van der Waals surface area contributed by atoms with Crippen LogP contribution in [0.2, 0.25) is 0 Å². The predicted octanol–water partition coefficient (Wildman–Crippen LogP) is 2.93. The molecular weight excluding hydrogens is 272 g/mol. The Labute approximate surface area is 129 Å². The molecule has 110 valence electrons. The van der Waals surface area contributed by atoms with Crippen LogP contribution in [0.15, 0.2) is 72.8 Å². The second-order valence-corrected chi connectivity index (χ2v) is 5.49. The molecule has 0 saturated carbocycles. The number of hydrazine groups is 2. The quantitative estimate of drug-likeness (QED) is 0.599. The summed E-state index contributed by atoms with van der Waals surface area (Å²) in [6, 6.07) is 25.4. The molecule has 4 N–H and O–H groups in total. The highest BCUT2D eigenvalue weighted by molar-refractivity contribution is 5.85. The van der Waals surface area contributed by atoms with Gasteiger partial charge in [-0.2, -0.15) is 5.53 Å². The Hall–Kier alpha value is -2.40. The fourth-order valence-electron chi connectivity index (χ4n) is 2.88. The minimum Gasteiger partial charge on any atom is -0.367 e. The van der Waals surface area contributed by atoms with Gasteiger partial charge < -0.3 is 5.32 Å². The highest BCUT2D eigenvalue weighted by Crippen LogP contribution is 2.23. The molecule has 2 atom stereocenters. The van der Waals surface area contributed by atoms with Gasteiger partial charge in [0, 0.05) is 5.69 Å². The molecule has 22 heavy (non-hydrogen) atoms. The van der Waals surface area contributed by atoms with Crippen LogP contribution in [-0.2, 0) is 0 Å². The van der Waals surface area contributed by atoms with Crippen LogP contribution in [0, 0.1) is 0 Å². The van der Waals surface area contributed by atoms with Gasteiger partial charge in [-0.25, -0.2) is 10.9 Å². The molecule has 3 aromatic rings. The summed E-state index contributed by atoms with van der Waals surface area (Å²) in [5.41, 5.74) is 11.8. The number of fused-ring (bicyclic) bond motifs is 1. The van der Waals surface area contributed by atoms with Gasteiger partial charge in [-0.15, -0.1) is 0 Å². The first kappa shape index (κ1) is 13.3. The van der Waals surface area contributed by atoms with Crippen molar-refractivity contribution in [2.75, 3.05) is 5.32 Å². The number of hydrogen-bond acceptors (Lipinski definition) is 4. The molecule has 1 fully saturated rings. The lowest BCUT2D eigenvalue weighted by Gasteiger charge is -2.21. The molecule has 0 radical (unpaired) electrons. The SMILES string of the molecule is c1ccc(C2NNNC2Nc2ccc3ccccc3c2)cc1. The molecule has 1 aliphatic heterocycles. The van der Waals surface area contributed by atoms with Crippen LogP contribution >= 0.6 is 0 Å². The number of rotatable bonds is 3. The van der Waals surface area contributed by atoms with Crippen molar-refractivity contribution >= 4 is 16.5 Å². The van der Waals surface area contributed by atoms with E-state index in [1.807, 2.05) is 6.07 Å². The minimum absolute atomic E-state index is 0.0727. The minimum atomic E-state index is 0.0727. The van der Waals surface area contributed by atoms with Gasteiger partial charge in [0.05, 0.1) is 6.04 Å². The predicted molar refractivity (Wildman–Crippen MR) is 89.9 cm³/mol. The lowest BCUT2D eigenvalue weighted by Crippen LogP contribution is -2.37. The van der Waals surface area contributed by atoms with Gasteiger partial charge in [0.2, 0.25) is 0 Å². The Kier molecular flexibility index (Phi) is 3.48. The molecule has 4 heteroatoms. The first-order valence-electron chi connectivity index (χ1n) is 7.46. The topological polar surface area (TPSA) is 48.1 Å². The summed E-state index contributed by atoms with van der Waals surface area (Å²) in [6.07, 6.45) is 0.0727. The highest BCUT2D eigenvalue weighted by atomic mass is 15.7. The van der Waals surface area contributed by atoms with E-state index >= 15 is 0 Å². The van der Waals surface area contributed by atoms with Crippen LogP contribution in [0.5, 0.6) is 0 Å². The summed E-state index contributed by atoms with van der Waals surface area (Å²) < 4.78 is 0. The van der Waals surface area contributed by atoms with Gasteiger partial charge in [-0.05, 0) is 28.5 Å². The largest absolute Gasteiger partial charge is 0.367 e. The Bertz CT molecular complexity index is 772. The third-order valence-electron chi connectivity index (χ3n) is 4.02. The first-order valence-corrected chi connectivity index (χ1v) is 7.46. The van der Waals surface area contributed by atoms with Gasteiger partial charge in [0.1, 0.15) is 6.17 Å². The van der Waals surface area contributed by atoms with Gasteiger partial charge in [0.15, 0.2) is 0 Å². The fraction of sp³-hybridized carbons (Fsp3) is 0.111. The molecule has 0 aliphatic carbocycles. The van der Waals surface area contributed by atoms with E-state index in [1.165, 1.54) is 16.3 Å². The standard InChI is InChI=1S/C18H18N4/c1-2-7-14(8-3-1)17-18(21-22-20-17)19-16-11-10-13-6-4-5-9-15(13)12-16/h1-12,17-22H. The summed E-state index contributed by atoms with van der Waals surface area (Å²) >= 11 is 0.